The maximum atomic E-state index is 13.3. The number of nitrogens with zero attached hydrogens (tertiary/aromatic N) is 4. The fourth-order valence-electron chi connectivity index (χ4n) is 4.55. The summed E-state index contributed by atoms with van der Waals surface area (Å²) in [5.74, 6) is 1.31. The molecule has 1 N–H and O–H groups in total. The highest BCUT2D eigenvalue weighted by atomic mass is 32.2. The summed E-state index contributed by atoms with van der Waals surface area (Å²) < 4.78 is 1.97. The van der Waals surface area contributed by atoms with E-state index in [-0.39, 0.29) is 18.4 Å². The van der Waals surface area contributed by atoms with Gasteiger partial charge >= 0.3 is 0 Å². The molecule has 2 amide bonds. The zero-order valence-electron chi connectivity index (χ0n) is 19.0. The smallest absolute Gasteiger partial charge is 0.244 e. The minimum Gasteiger partial charge on any atom is -0.323 e. The van der Waals surface area contributed by atoms with E-state index in [1.54, 1.807) is 4.90 Å². The third kappa shape index (κ3) is 4.19. The number of benzene rings is 1. The van der Waals surface area contributed by atoms with Crippen molar-refractivity contribution >= 4 is 46.3 Å². The lowest BCUT2D eigenvalue weighted by atomic mass is 9.87. The zero-order valence-corrected chi connectivity index (χ0v) is 20.6. The Morgan fingerprint density at radius 3 is 2.97 bits per heavy atom. The van der Waals surface area contributed by atoms with Gasteiger partial charge in [0.15, 0.2) is 11.0 Å². The molecule has 5 rings (SSSR count). The van der Waals surface area contributed by atoms with Gasteiger partial charge in [-0.05, 0) is 55.9 Å². The predicted molar refractivity (Wildman–Crippen MR) is 133 cm³/mol. The fraction of sp³-hybridized carbons (Fsp3) is 0.417. The molecule has 0 unspecified atom stereocenters. The largest absolute Gasteiger partial charge is 0.323 e. The van der Waals surface area contributed by atoms with Gasteiger partial charge in [-0.25, -0.2) is 0 Å². The van der Waals surface area contributed by atoms with E-state index in [1.165, 1.54) is 35.0 Å². The first kappa shape index (κ1) is 22.2. The minimum absolute atomic E-state index is 0.0182. The predicted octanol–water partition coefficient (Wildman–Crippen LogP) is 4.52. The number of hydrogen-bond acceptors (Lipinski definition) is 6. The number of thioether (sulfide) groups is 1. The van der Waals surface area contributed by atoms with E-state index in [0.717, 1.165) is 35.1 Å². The summed E-state index contributed by atoms with van der Waals surface area (Å²) in [6, 6.07) is 9.65. The highest BCUT2D eigenvalue weighted by Gasteiger charge is 2.31. The lowest BCUT2D eigenvalue weighted by molar-refractivity contribution is -0.121. The van der Waals surface area contributed by atoms with Gasteiger partial charge in [0.05, 0.1) is 21.5 Å². The van der Waals surface area contributed by atoms with E-state index < -0.39 is 5.25 Å². The quantitative estimate of drug-likeness (QED) is 0.542. The molecular formula is C24H27N5O2S2. The van der Waals surface area contributed by atoms with Crippen LogP contribution in [0.4, 0.5) is 11.4 Å². The molecular weight excluding hydrogens is 454 g/mol. The molecule has 3 heterocycles. The number of nitrogens with one attached hydrogen (secondary N) is 1. The molecule has 1 aliphatic carbocycles. The van der Waals surface area contributed by atoms with Crippen molar-refractivity contribution in [2.75, 3.05) is 16.8 Å². The molecule has 0 saturated carbocycles. The molecule has 2 atom stereocenters. The third-order valence-corrected chi connectivity index (χ3v) is 8.84. The molecule has 0 bridgehead atoms. The maximum Gasteiger partial charge on any atom is 0.244 e. The molecule has 3 aromatic rings. The molecule has 0 radical (unpaired) electrons. The molecule has 0 fully saturated rings. The second-order valence-electron chi connectivity index (χ2n) is 8.69. The molecule has 0 saturated heterocycles. The molecule has 172 valence electrons. The van der Waals surface area contributed by atoms with Crippen molar-refractivity contribution in [3.63, 3.8) is 0 Å². The van der Waals surface area contributed by atoms with E-state index in [9.17, 15) is 9.59 Å². The maximum absolute atomic E-state index is 13.3. The number of fused-ring (bicyclic) bond motifs is 2. The first-order valence-corrected chi connectivity index (χ1v) is 13.0. The summed E-state index contributed by atoms with van der Waals surface area (Å²) in [7, 11) is 1.95. The van der Waals surface area contributed by atoms with Gasteiger partial charge in [-0.2, -0.15) is 0 Å². The van der Waals surface area contributed by atoms with Crippen LogP contribution in [0.3, 0.4) is 0 Å². The summed E-state index contributed by atoms with van der Waals surface area (Å²) in [4.78, 5) is 29.5. The van der Waals surface area contributed by atoms with Crippen LogP contribution in [0, 0.1) is 5.92 Å². The van der Waals surface area contributed by atoms with E-state index in [1.807, 2.05) is 54.1 Å². The van der Waals surface area contributed by atoms with Crippen LogP contribution < -0.4 is 10.2 Å². The average molecular weight is 482 g/mol. The topological polar surface area (TPSA) is 80.1 Å². The van der Waals surface area contributed by atoms with Crippen molar-refractivity contribution in [2.45, 2.75) is 49.9 Å². The van der Waals surface area contributed by atoms with Crippen molar-refractivity contribution in [3.05, 3.63) is 40.8 Å². The number of rotatable bonds is 5. The molecule has 33 heavy (non-hydrogen) atoms. The first-order chi connectivity index (χ1) is 15.9. The minimum atomic E-state index is -0.415. The molecule has 9 heteroatoms. The Labute approximate surface area is 201 Å². The van der Waals surface area contributed by atoms with Crippen LogP contribution in [0.2, 0.25) is 0 Å². The van der Waals surface area contributed by atoms with Crippen molar-refractivity contribution in [1.29, 1.82) is 0 Å². The van der Waals surface area contributed by atoms with Gasteiger partial charge < -0.3 is 9.88 Å². The molecule has 2 aliphatic rings. The van der Waals surface area contributed by atoms with Gasteiger partial charge in [-0.1, -0.05) is 37.2 Å². The Hall–Kier alpha value is -2.65. The van der Waals surface area contributed by atoms with Gasteiger partial charge in [0.25, 0.3) is 0 Å². The SMILES string of the molecule is CC[C@@H]1CCc2sc(-c3nnc(S[C@H](C)C(=O)N4CC(=O)Nc5ccccc54)n3C)cc2C1. The number of amides is 2. The Morgan fingerprint density at radius 2 is 2.15 bits per heavy atom. The van der Waals surface area contributed by atoms with E-state index in [0.29, 0.717) is 10.8 Å². The Balaban J connectivity index is 1.34. The summed E-state index contributed by atoms with van der Waals surface area (Å²) in [5.41, 5.74) is 2.84. The molecule has 1 aromatic carbocycles. The highest BCUT2D eigenvalue weighted by molar-refractivity contribution is 8.00. The van der Waals surface area contributed by atoms with Crippen LogP contribution >= 0.6 is 23.1 Å². The van der Waals surface area contributed by atoms with Gasteiger partial charge in [0.1, 0.15) is 6.54 Å². The molecule has 0 spiro atoms. The van der Waals surface area contributed by atoms with E-state index in [4.69, 9.17) is 0 Å². The van der Waals surface area contributed by atoms with Crippen LogP contribution in [0.15, 0.2) is 35.5 Å². The summed E-state index contributed by atoms with van der Waals surface area (Å²) in [6.07, 6.45) is 4.79. The summed E-state index contributed by atoms with van der Waals surface area (Å²) in [5, 5.41) is 11.9. The Bertz CT molecular complexity index is 1220. The van der Waals surface area contributed by atoms with Crippen LogP contribution in [0.25, 0.3) is 10.7 Å². The number of carbonyl (C=O) groups excluding carboxylic acids is 2. The first-order valence-electron chi connectivity index (χ1n) is 11.3. The van der Waals surface area contributed by atoms with Crippen LogP contribution in [0.1, 0.15) is 37.1 Å². The average Bonchev–Trinajstić information content (AvgIpc) is 3.40. The van der Waals surface area contributed by atoms with Crippen molar-refractivity contribution in [1.82, 2.24) is 14.8 Å². The number of para-hydroxylation sites is 2. The lowest BCUT2D eigenvalue weighted by Crippen LogP contribution is -2.45. The Morgan fingerprint density at radius 1 is 1.33 bits per heavy atom. The van der Waals surface area contributed by atoms with Gasteiger partial charge in [-0.3, -0.25) is 14.5 Å². The highest BCUT2D eigenvalue weighted by Crippen LogP contribution is 2.38. The van der Waals surface area contributed by atoms with Crippen molar-refractivity contribution in [2.24, 2.45) is 13.0 Å². The van der Waals surface area contributed by atoms with Gasteiger partial charge in [0, 0.05) is 11.9 Å². The number of carbonyl (C=O) groups is 2. The number of anilines is 2. The molecule has 1 aliphatic heterocycles. The Kier molecular flexibility index (Phi) is 6.01. The van der Waals surface area contributed by atoms with Gasteiger partial charge in [-0.15, -0.1) is 21.5 Å². The molecule has 2 aromatic heterocycles. The summed E-state index contributed by atoms with van der Waals surface area (Å²) in [6.45, 7) is 4.14. The standard InChI is InChI=1S/C24H27N5O2S2/c1-4-15-9-10-19-16(11-15)12-20(33-19)22-26-27-24(28(22)3)32-14(2)23(31)29-13-21(30)25-17-7-5-6-8-18(17)29/h5-8,12,14-15H,4,9-11,13H2,1-3H3,(H,25,30)/t14-,15-/m1/s1. The van der Waals surface area contributed by atoms with E-state index in [2.05, 4.69) is 28.5 Å². The summed E-state index contributed by atoms with van der Waals surface area (Å²) >= 11 is 3.19. The van der Waals surface area contributed by atoms with Crippen LogP contribution in [-0.4, -0.2) is 38.4 Å². The number of hydrogen-bond donors (Lipinski definition) is 1. The normalized spacial score (nSPS) is 18.5. The fourth-order valence-corrected chi connectivity index (χ4v) is 6.65. The van der Waals surface area contributed by atoms with Crippen molar-refractivity contribution in [3.8, 4) is 10.7 Å². The van der Waals surface area contributed by atoms with Gasteiger partial charge in [0.2, 0.25) is 11.8 Å². The zero-order chi connectivity index (χ0) is 23.1. The number of thiophene rings is 1. The molecule has 7 nitrogen and oxygen atoms in total. The van der Waals surface area contributed by atoms with Crippen LogP contribution in [-0.2, 0) is 29.5 Å². The number of aryl methyl sites for hydroxylation is 1. The second-order valence-corrected chi connectivity index (χ2v) is 11.1. The lowest BCUT2D eigenvalue weighted by Gasteiger charge is -2.30. The van der Waals surface area contributed by atoms with E-state index >= 15 is 0 Å². The van der Waals surface area contributed by atoms with Crippen LogP contribution in [0.5, 0.6) is 0 Å². The third-order valence-electron chi connectivity index (χ3n) is 6.48. The number of aromatic nitrogens is 3. The monoisotopic (exact) mass is 481 g/mol. The second kappa shape index (κ2) is 8.95. The van der Waals surface area contributed by atoms with Crippen molar-refractivity contribution < 1.29 is 9.59 Å².